The predicted octanol–water partition coefficient (Wildman–Crippen LogP) is 4.59. The molecule has 0 fully saturated rings. The first-order chi connectivity index (χ1) is 9.48. The van der Waals surface area contributed by atoms with Crippen LogP contribution in [0.3, 0.4) is 0 Å². The molecule has 0 aliphatic heterocycles. The molecule has 4 heteroatoms. The van der Waals surface area contributed by atoms with Crippen LogP contribution in [0, 0.1) is 0 Å². The Hall–Kier alpha value is -2.07. The summed E-state index contributed by atoms with van der Waals surface area (Å²) < 4.78 is 38.2. The van der Waals surface area contributed by atoms with Crippen LogP contribution >= 0.6 is 0 Å². The molecule has 0 aliphatic rings. The van der Waals surface area contributed by atoms with Crippen molar-refractivity contribution in [3.8, 4) is 0 Å². The Bertz CT molecular complexity index is 777. The minimum absolute atomic E-state index is 0.110. The summed E-state index contributed by atoms with van der Waals surface area (Å²) in [5.41, 5.74) is -0.110. The third kappa shape index (κ3) is 2.02. The molecule has 0 aliphatic carbocycles. The summed E-state index contributed by atoms with van der Waals surface area (Å²) in [5, 5.41) is 12.5. The quantitative estimate of drug-likeness (QED) is 0.644. The molecule has 3 aromatic carbocycles. The van der Waals surface area contributed by atoms with Gasteiger partial charge in [0, 0.05) is 0 Å². The lowest BCUT2D eigenvalue weighted by atomic mass is 9.96. The Morgan fingerprint density at radius 3 is 2.20 bits per heavy atom. The van der Waals surface area contributed by atoms with E-state index in [-0.39, 0.29) is 5.56 Å². The van der Waals surface area contributed by atoms with Gasteiger partial charge in [-0.25, -0.2) is 0 Å². The maximum Gasteiger partial charge on any atom is 0.418 e. The molecule has 0 spiro atoms. The molecular formula is C16H11F3O. The molecule has 3 aromatic rings. The zero-order valence-corrected chi connectivity index (χ0v) is 10.4. The van der Waals surface area contributed by atoms with Crippen molar-refractivity contribution >= 4 is 21.5 Å². The van der Waals surface area contributed by atoms with Crippen molar-refractivity contribution < 1.29 is 18.3 Å². The second kappa shape index (κ2) is 4.49. The fraction of sp³-hybridized carbons (Fsp3) is 0.125. The molecule has 0 saturated carbocycles. The van der Waals surface area contributed by atoms with Crippen molar-refractivity contribution in [3.63, 3.8) is 0 Å². The summed E-state index contributed by atoms with van der Waals surface area (Å²) in [6, 6.07) is 15.5. The van der Waals surface area contributed by atoms with E-state index in [0.29, 0.717) is 10.8 Å². The number of aliphatic hydroxyl groups is 1. The predicted molar refractivity (Wildman–Crippen MR) is 72.5 cm³/mol. The second-order valence-corrected chi connectivity index (χ2v) is 4.67. The smallest absolute Gasteiger partial charge is 0.379 e. The Balaban J connectivity index is 2.33. The number of rotatable bonds is 1. The number of hydrogen-bond acceptors (Lipinski definition) is 1. The van der Waals surface area contributed by atoms with E-state index >= 15 is 0 Å². The zero-order chi connectivity index (χ0) is 14.3. The average Bonchev–Trinajstić information content (AvgIpc) is 2.44. The van der Waals surface area contributed by atoms with Gasteiger partial charge in [0.1, 0.15) is 0 Å². The molecular weight excluding hydrogens is 265 g/mol. The molecule has 1 nitrogen and oxygen atoms in total. The lowest BCUT2D eigenvalue weighted by Gasteiger charge is -2.17. The Kier molecular flexibility index (Phi) is 2.91. The second-order valence-electron chi connectivity index (χ2n) is 4.67. The van der Waals surface area contributed by atoms with Crippen LogP contribution in [0.1, 0.15) is 11.7 Å². The fourth-order valence-corrected chi connectivity index (χ4v) is 2.48. The molecule has 20 heavy (non-hydrogen) atoms. The van der Waals surface area contributed by atoms with Crippen molar-refractivity contribution in [3.05, 3.63) is 60.2 Å². The van der Waals surface area contributed by atoms with E-state index in [9.17, 15) is 18.3 Å². The standard InChI is InChI=1S/C16H11F3O/c17-16(18,19)15(20)14-7-3-6-12-11-5-2-1-4-10(11)8-9-13(12)14/h1-9,15,20H/t15-/m1/s1. The SMILES string of the molecule is O[C@H](c1cccc2c1ccc1ccccc12)C(F)(F)F. The number of benzene rings is 3. The van der Waals surface area contributed by atoms with Gasteiger partial charge in [0.2, 0.25) is 0 Å². The van der Waals surface area contributed by atoms with Gasteiger partial charge in [-0.3, -0.25) is 0 Å². The van der Waals surface area contributed by atoms with Crippen LogP contribution in [0.25, 0.3) is 21.5 Å². The zero-order valence-electron chi connectivity index (χ0n) is 10.4. The maximum absolute atomic E-state index is 12.7. The Morgan fingerprint density at radius 2 is 1.45 bits per heavy atom. The minimum atomic E-state index is -4.67. The van der Waals surface area contributed by atoms with E-state index in [4.69, 9.17) is 0 Å². The van der Waals surface area contributed by atoms with Crippen LogP contribution in [0.15, 0.2) is 54.6 Å². The summed E-state index contributed by atoms with van der Waals surface area (Å²) in [4.78, 5) is 0. The summed E-state index contributed by atoms with van der Waals surface area (Å²) in [5.74, 6) is 0. The number of aliphatic hydroxyl groups excluding tert-OH is 1. The maximum atomic E-state index is 12.7. The highest BCUT2D eigenvalue weighted by molar-refractivity contribution is 6.08. The summed E-state index contributed by atoms with van der Waals surface area (Å²) in [7, 11) is 0. The summed E-state index contributed by atoms with van der Waals surface area (Å²) in [6.45, 7) is 0. The highest BCUT2D eigenvalue weighted by atomic mass is 19.4. The molecule has 3 rings (SSSR count). The largest absolute Gasteiger partial charge is 0.418 e. The van der Waals surface area contributed by atoms with Gasteiger partial charge in [0.25, 0.3) is 0 Å². The van der Waals surface area contributed by atoms with E-state index in [1.807, 2.05) is 24.3 Å². The number of halogens is 3. The lowest BCUT2D eigenvalue weighted by molar-refractivity contribution is -0.206. The minimum Gasteiger partial charge on any atom is -0.379 e. The van der Waals surface area contributed by atoms with E-state index in [0.717, 1.165) is 10.8 Å². The van der Waals surface area contributed by atoms with Gasteiger partial charge in [-0.1, -0.05) is 54.6 Å². The summed E-state index contributed by atoms with van der Waals surface area (Å²) >= 11 is 0. The van der Waals surface area contributed by atoms with Gasteiger partial charge in [-0.2, -0.15) is 13.2 Å². The van der Waals surface area contributed by atoms with Crippen molar-refractivity contribution in [2.24, 2.45) is 0 Å². The van der Waals surface area contributed by atoms with Crippen molar-refractivity contribution in [1.82, 2.24) is 0 Å². The van der Waals surface area contributed by atoms with Crippen molar-refractivity contribution in [2.45, 2.75) is 12.3 Å². The van der Waals surface area contributed by atoms with Gasteiger partial charge in [-0.05, 0) is 27.1 Å². The number of hydrogen-bond donors (Lipinski definition) is 1. The van der Waals surface area contributed by atoms with Crippen molar-refractivity contribution in [1.29, 1.82) is 0 Å². The lowest BCUT2D eigenvalue weighted by Crippen LogP contribution is -2.20. The monoisotopic (exact) mass is 276 g/mol. The van der Waals surface area contributed by atoms with Crippen LogP contribution in [0.4, 0.5) is 13.2 Å². The molecule has 102 valence electrons. The molecule has 0 saturated heterocycles. The highest BCUT2D eigenvalue weighted by Crippen LogP contribution is 2.37. The molecule has 0 unspecified atom stereocenters. The van der Waals surface area contributed by atoms with Crippen LogP contribution in [0.5, 0.6) is 0 Å². The first-order valence-electron chi connectivity index (χ1n) is 6.13. The molecule has 0 bridgehead atoms. The van der Waals surface area contributed by atoms with Crippen LogP contribution in [-0.4, -0.2) is 11.3 Å². The third-order valence-electron chi connectivity index (χ3n) is 3.43. The summed E-state index contributed by atoms with van der Waals surface area (Å²) in [6.07, 6.45) is -7.13. The van der Waals surface area contributed by atoms with E-state index in [1.165, 1.54) is 6.07 Å². The molecule has 0 aromatic heterocycles. The Morgan fingerprint density at radius 1 is 0.750 bits per heavy atom. The first kappa shape index (κ1) is 12.9. The van der Waals surface area contributed by atoms with Crippen molar-refractivity contribution in [2.75, 3.05) is 0 Å². The fourth-order valence-electron chi connectivity index (χ4n) is 2.48. The first-order valence-corrected chi connectivity index (χ1v) is 6.13. The molecule has 1 N–H and O–H groups in total. The van der Waals surface area contributed by atoms with Crippen LogP contribution < -0.4 is 0 Å². The number of alkyl halides is 3. The highest BCUT2D eigenvalue weighted by Gasteiger charge is 2.40. The van der Waals surface area contributed by atoms with Crippen LogP contribution in [-0.2, 0) is 0 Å². The van der Waals surface area contributed by atoms with Gasteiger partial charge < -0.3 is 5.11 Å². The normalized spacial score (nSPS) is 13.8. The van der Waals surface area contributed by atoms with Crippen LogP contribution in [0.2, 0.25) is 0 Å². The van der Waals surface area contributed by atoms with Gasteiger partial charge >= 0.3 is 6.18 Å². The molecule has 0 radical (unpaired) electrons. The van der Waals surface area contributed by atoms with Gasteiger partial charge in [0.15, 0.2) is 6.10 Å². The Labute approximate surface area is 113 Å². The van der Waals surface area contributed by atoms with E-state index < -0.39 is 12.3 Å². The average molecular weight is 276 g/mol. The van der Waals surface area contributed by atoms with Gasteiger partial charge in [-0.15, -0.1) is 0 Å². The topological polar surface area (TPSA) is 20.2 Å². The third-order valence-corrected chi connectivity index (χ3v) is 3.43. The molecule has 0 heterocycles. The van der Waals surface area contributed by atoms with E-state index in [1.54, 1.807) is 24.3 Å². The molecule has 0 amide bonds. The van der Waals surface area contributed by atoms with E-state index in [2.05, 4.69) is 0 Å². The van der Waals surface area contributed by atoms with Gasteiger partial charge in [0.05, 0.1) is 0 Å². The molecule has 1 atom stereocenters. The number of fused-ring (bicyclic) bond motifs is 3.